The van der Waals surface area contributed by atoms with Crippen molar-refractivity contribution in [3.05, 3.63) is 47.4 Å². The number of hydrogen-bond donors (Lipinski definition) is 0. The fourth-order valence-corrected chi connectivity index (χ4v) is 1.80. The van der Waals surface area contributed by atoms with Crippen molar-refractivity contribution in [1.29, 1.82) is 0 Å². The number of hydrogen-bond acceptors (Lipinski definition) is 4. The van der Waals surface area contributed by atoms with Crippen molar-refractivity contribution in [2.45, 2.75) is 12.8 Å². The second kappa shape index (κ2) is 6.09. The zero-order valence-electron chi connectivity index (χ0n) is 11.0. The SMILES string of the molecule is COC(=O)/C=C1/CC/C(=C\c2ccc(OC)cc2)O1. The number of carbonyl (C=O) groups is 1. The highest BCUT2D eigenvalue weighted by Gasteiger charge is 2.15. The highest BCUT2D eigenvalue weighted by molar-refractivity contribution is 5.82. The van der Waals surface area contributed by atoms with Gasteiger partial charge in [-0.25, -0.2) is 4.79 Å². The summed E-state index contributed by atoms with van der Waals surface area (Å²) < 4.78 is 15.2. The lowest BCUT2D eigenvalue weighted by molar-refractivity contribution is -0.135. The van der Waals surface area contributed by atoms with E-state index in [2.05, 4.69) is 4.74 Å². The van der Waals surface area contributed by atoms with Gasteiger partial charge in [0, 0.05) is 12.8 Å². The van der Waals surface area contributed by atoms with E-state index in [9.17, 15) is 4.79 Å². The number of esters is 1. The molecule has 1 fully saturated rings. The molecule has 0 bridgehead atoms. The maximum absolute atomic E-state index is 11.1. The van der Waals surface area contributed by atoms with Gasteiger partial charge in [-0.05, 0) is 23.8 Å². The number of methoxy groups -OCH3 is 2. The normalized spacial score (nSPS) is 18.4. The molecule has 19 heavy (non-hydrogen) atoms. The van der Waals surface area contributed by atoms with Gasteiger partial charge in [-0.3, -0.25) is 0 Å². The van der Waals surface area contributed by atoms with Gasteiger partial charge in [-0.15, -0.1) is 0 Å². The molecule has 0 N–H and O–H groups in total. The minimum Gasteiger partial charge on any atom is -0.497 e. The molecule has 4 heteroatoms. The Labute approximate surface area is 112 Å². The Bertz CT molecular complexity index is 511. The van der Waals surface area contributed by atoms with Crippen LogP contribution in [0.3, 0.4) is 0 Å². The van der Waals surface area contributed by atoms with Crippen molar-refractivity contribution < 1.29 is 19.0 Å². The van der Waals surface area contributed by atoms with Crippen molar-refractivity contribution >= 4 is 12.0 Å². The molecule has 4 nitrogen and oxygen atoms in total. The zero-order chi connectivity index (χ0) is 13.7. The van der Waals surface area contributed by atoms with Gasteiger partial charge in [0.2, 0.25) is 0 Å². The average molecular weight is 260 g/mol. The van der Waals surface area contributed by atoms with E-state index in [1.807, 2.05) is 30.3 Å². The molecule has 0 unspecified atom stereocenters. The first kappa shape index (κ1) is 13.2. The van der Waals surface area contributed by atoms with Crippen molar-refractivity contribution in [1.82, 2.24) is 0 Å². The van der Waals surface area contributed by atoms with Crippen LogP contribution in [0.25, 0.3) is 6.08 Å². The minimum absolute atomic E-state index is 0.388. The lowest BCUT2D eigenvalue weighted by Gasteiger charge is -2.02. The van der Waals surface area contributed by atoms with Crippen LogP contribution in [0.2, 0.25) is 0 Å². The topological polar surface area (TPSA) is 44.8 Å². The van der Waals surface area contributed by atoms with Crippen molar-refractivity contribution in [3.63, 3.8) is 0 Å². The maximum Gasteiger partial charge on any atom is 0.333 e. The molecule has 100 valence electrons. The summed E-state index contributed by atoms with van der Waals surface area (Å²) >= 11 is 0. The quantitative estimate of drug-likeness (QED) is 0.619. The Morgan fingerprint density at radius 1 is 1.16 bits per heavy atom. The summed E-state index contributed by atoms with van der Waals surface area (Å²) in [6, 6.07) is 7.70. The third-order valence-electron chi connectivity index (χ3n) is 2.80. The monoisotopic (exact) mass is 260 g/mol. The second-order valence-corrected chi connectivity index (χ2v) is 4.12. The van der Waals surface area contributed by atoms with Crippen LogP contribution in [0.1, 0.15) is 18.4 Å². The van der Waals surface area contributed by atoms with E-state index in [4.69, 9.17) is 9.47 Å². The summed E-state index contributed by atoms with van der Waals surface area (Å²) in [5.41, 5.74) is 1.04. The van der Waals surface area contributed by atoms with Crippen molar-refractivity contribution in [2.24, 2.45) is 0 Å². The summed E-state index contributed by atoms with van der Waals surface area (Å²) in [7, 11) is 2.99. The van der Waals surface area contributed by atoms with Gasteiger partial charge in [0.05, 0.1) is 20.3 Å². The van der Waals surface area contributed by atoms with Crippen LogP contribution >= 0.6 is 0 Å². The largest absolute Gasteiger partial charge is 0.497 e. The molecule has 0 radical (unpaired) electrons. The summed E-state index contributed by atoms with van der Waals surface area (Å²) in [6.45, 7) is 0. The van der Waals surface area contributed by atoms with E-state index in [0.717, 1.165) is 29.9 Å². The van der Waals surface area contributed by atoms with Crippen LogP contribution in [0.4, 0.5) is 0 Å². The van der Waals surface area contributed by atoms with Gasteiger partial charge in [0.1, 0.15) is 17.3 Å². The fourth-order valence-electron chi connectivity index (χ4n) is 1.80. The van der Waals surface area contributed by atoms with Crippen LogP contribution < -0.4 is 4.74 Å². The van der Waals surface area contributed by atoms with Gasteiger partial charge in [0.25, 0.3) is 0 Å². The first-order valence-electron chi connectivity index (χ1n) is 6.02. The molecule has 1 saturated heterocycles. The van der Waals surface area contributed by atoms with E-state index in [0.29, 0.717) is 5.76 Å². The first-order valence-corrected chi connectivity index (χ1v) is 6.02. The molecule has 0 aliphatic carbocycles. The van der Waals surface area contributed by atoms with E-state index in [1.165, 1.54) is 13.2 Å². The Hall–Kier alpha value is -2.23. The first-order chi connectivity index (χ1) is 9.21. The maximum atomic E-state index is 11.1. The van der Waals surface area contributed by atoms with E-state index >= 15 is 0 Å². The lowest BCUT2D eigenvalue weighted by atomic mass is 10.1. The third-order valence-corrected chi connectivity index (χ3v) is 2.80. The smallest absolute Gasteiger partial charge is 0.333 e. The minimum atomic E-state index is -0.388. The van der Waals surface area contributed by atoms with E-state index < -0.39 is 0 Å². The molecule has 0 spiro atoms. The Morgan fingerprint density at radius 2 is 1.84 bits per heavy atom. The molecule has 2 rings (SSSR count). The van der Waals surface area contributed by atoms with Gasteiger partial charge >= 0.3 is 5.97 Å². The number of carbonyl (C=O) groups excluding carboxylic acids is 1. The fraction of sp³-hybridized carbons (Fsp3) is 0.267. The Kier molecular flexibility index (Phi) is 4.23. The third kappa shape index (κ3) is 3.61. The Balaban J connectivity index is 2.05. The van der Waals surface area contributed by atoms with Crippen LogP contribution in [0.15, 0.2) is 41.9 Å². The Morgan fingerprint density at radius 3 is 2.47 bits per heavy atom. The number of ether oxygens (including phenoxy) is 3. The molecule has 1 aromatic rings. The molecule has 1 aliphatic heterocycles. The molecule has 1 heterocycles. The second-order valence-electron chi connectivity index (χ2n) is 4.12. The molecule has 0 saturated carbocycles. The van der Waals surface area contributed by atoms with Crippen LogP contribution in [-0.2, 0) is 14.3 Å². The standard InChI is InChI=1S/C15H16O4/c1-17-12-5-3-11(4-6-12)9-13-7-8-14(19-13)10-15(16)18-2/h3-6,9-10H,7-8H2,1-2H3/b13-9+,14-10-. The average Bonchev–Trinajstić information content (AvgIpc) is 2.86. The van der Waals surface area contributed by atoms with Gasteiger partial charge in [0.15, 0.2) is 0 Å². The van der Waals surface area contributed by atoms with Crippen LogP contribution in [-0.4, -0.2) is 20.2 Å². The number of rotatable bonds is 3. The van der Waals surface area contributed by atoms with E-state index in [1.54, 1.807) is 7.11 Å². The summed E-state index contributed by atoms with van der Waals surface area (Å²) in [4.78, 5) is 11.1. The number of allylic oxidation sites excluding steroid dienone is 2. The summed E-state index contributed by atoms with van der Waals surface area (Å²) in [6.07, 6.45) is 4.85. The zero-order valence-corrected chi connectivity index (χ0v) is 11.0. The highest BCUT2D eigenvalue weighted by atomic mass is 16.5. The lowest BCUT2D eigenvalue weighted by Crippen LogP contribution is -1.96. The van der Waals surface area contributed by atoms with Gasteiger partial charge in [-0.2, -0.15) is 0 Å². The molecule has 0 aromatic heterocycles. The molecule has 1 aliphatic rings. The molecule has 0 amide bonds. The predicted molar refractivity (Wildman–Crippen MR) is 71.4 cm³/mol. The van der Waals surface area contributed by atoms with Gasteiger partial charge < -0.3 is 14.2 Å². The molecular formula is C15H16O4. The number of benzene rings is 1. The summed E-state index contributed by atoms with van der Waals surface area (Å²) in [5, 5.41) is 0. The van der Waals surface area contributed by atoms with Crippen LogP contribution in [0, 0.1) is 0 Å². The van der Waals surface area contributed by atoms with Crippen LogP contribution in [0.5, 0.6) is 5.75 Å². The van der Waals surface area contributed by atoms with Crippen molar-refractivity contribution in [3.8, 4) is 5.75 Å². The molecular weight excluding hydrogens is 244 g/mol. The van der Waals surface area contributed by atoms with E-state index in [-0.39, 0.29) is 5.97 Å². The predicted octanol–water partition coefficient (Wildman–Crippen LogP) is 2.90. The summed E-state index contributed by atoms with van der Waals surface area (Å²) in [5.74, 6) is 1.92. The highest BCUT2D eigenvalue weighted by Crippen LogP contribution is 2.28. The molecule has 0 atom stereocenters. The molecule has 1 aromatic carbocycles. The van der Waals surface area contributed by atoms with Gasteiger partial charge in [-0.1, -0.05) is 12.1 Å². The van der Waals surface area contributed by atoms with Crippen molar-refractivity contribution in [2.75, 3.05) is 14.2 Å².